The van der Waals surface area contributed by atoms with Crippen LogP contribution in [0.4, 0.5) is 0 Å². The molecule has 1 aliphatic heterocycles. The van der Waals surface area contributed by atoms with Crippen LogP contribution in [0.15, 0.2) is 64.1 Å². The van der Waals surface area contributed by atoms with E-state index in [1.807, 2.05) is 6.07 Å². The van der Waals surface area contributed by atoms with Crippen LogP contribution in [0.3, 0.4) is 0 Å². The summed E-state index contributed by atoms with van der Waals surface area (Å²) in [6.45, 7) is 0. The van der Waals surface area contributed by atoms with Crippen LogP contribution in [0.25, 0.3) is 0 Å². The summed E-state index contributed by atoms with van der Waals surface area (Å²) in [7, 11) is -1.18. The van der Waals surface area contributed by atoms with E-state index in [0.29, 0.717) is 4.57 Å². The highest BCUT2D eigenvalue weighted by atomic mass is 31.2. The molecule has 174 valence electrons. The van der Waals surface area contributed by atoms with Crippen molar-refractivity contribution in [1.29, 1.82) is 5.26 Å². The number of carbonyl (C=O) groups excluding carboxylic acids is 1. The fraction of sp³-hybridized carbons (Fsp3) is 0.333. The van der Waals surface area contributed by atoms with Gasteiger partial charge in [-0.1, -0.05) is 18.2 Å². The minimum atomic E-state index is -3.55. The van der Waals surface area contributed by atoms with Gasteiger partial charge in [-0.3, -0.25) is 18.7 Å². The number of carbonyl (C=O) groups is 1. The molecule has 0 aliphatic carbocycles. The second-order valence-electron chi connectivity index (χ2n) is 7.10. The summed E-state index contributed by atoms with van der Waals surface area (Å²) in [6.07, 6.45) is -1.29. The Morgan fingerprint density at radius 1 is 1.24 bits per heavy atom. The minimum absolute atomic E-state index is 0.131. The van der Waals surface area contributed by atoms with Crippen LogP contribution in [0.5, 0.6) is 0 Å². The third-order valence-electron chi connectivity index (χ3n) is 5.24. The molecule has 0 saturated carbocycles. The summed E-state index contributed by atoms with van der Waals surface area (Å²) in [6, 6.07) is 10.7. The molecule has 2 aromatic rings. The number of rotatable bonds is 7. The van der Waals surface area contributed by atoms with Gasteiger partial charge in [0.1, 0.15) is 12.3 Å². The number of nitrogens with zero attached hydrogens (tertiary/aromatic N) is 3. The third kappa shape index (κ3) is 4.95. The molecule has 1 aliphatic rings. The normalized spacial score (nSPS) is 23.0. The predicted octanol–water partition coefficient (Wildman–Crippen LogP) is 1.49. The van der Waals surface area contributed by atoms with E-state index in [4.69, 9.17) is 13.8 Å². The highest BCUT2D eigenvalue weighted by Crippen LogP contribution is 2.48. The Morgan fingerprint density at radius 2 is 1.91 bits per heavy atom. The number of hydrogen-bond acceptors (Lipinski definition) is 9. The number of aliphatic hydroxyl groups is 1. The molecular weight excluding hydrogens is 453 g/mol. The molecule has 0 unspecified atom stereocenters. The summed E-state index contributed by atoms with van der Waals surface area (Å²) >= 11 is 0. The Labute approximate surface area is 188 Å². The number of aliphatic hydroxyl groups excluding tert-OH is 1. The Balaban J connectivity index is 2.02. The molecule has 33 heavy (non-hydrogen) atoms. The monoisotopic (exact) mass is 475 g/mol. The van der Waals surface area contributed by atoms with Crippen molar-refractivity contribution in [2.24, 2.45) is 5.92 Å². The maximum atomic E-state index is 13.1. The zero-order valence-electron chi connectivity index (χ0n) is 17.8. The van der Waals surface area contributed by atoms with Crippen LogP contribution >= 0.6 is 7.60 Å². The zero-order valence-corrected chi connectivity index (χ0v) is 18.7. The molecular formula is C21H22N3O8P. The van der Waals surface area contributed by atoms with Crippen LogP contribution in [0, 0.1) is 17.2 Å². The summed E-state index contributed by atoms with van der Waals surface area (Å²) in [4.78, 5) is 38.3. The van der Waals surface area contributed by atoms with Crippen molar-refractivity contribution < 1.29 is 28.3 Å². The van der Waals surface area contributed by atoms with E-state index in [-0.39, 0.29) is 12.0 Å². The number of hydrogen-bond donors (Lipinski definition) is 1. The first kappa shape index (κ1) is 24.5. The van der Waals surface area contributed by atoms with Gasteiger partial charge in [-0.05, 0) is 18.2 Å². The van der Waals surface area contributed by atoms with E-state index in [9.17, 15) is 29.3 Å². The van der Waals surface area contributed by atoms with Gasteiger partial charge >= 0.3 is 13.3 Å². The number of aromatic nitrogens is 2. The van der Waals surface area contributed by atoms with E-state index in [1.54, 1.807) is 18.2 Å². The van der Waals surface area contributed by atoms with Gasteiger partial charge in [0.25, 0.3) is 11.5 Å². The summed E-state index contributed by atoms with van der Waals surface area (Å²) in [5.74, 6) is -0.604. The van der Waals surface area contributed by atoms with E-state index in [2.05, 4.69) is 0 Å². The van der Waals surface area contributed by atoms with E-state index in [1.165, 1.54) is 32.4 Å². The standard InChI is InChI=1S/C21H22N3O8P/c1-30-33(29,31-2)13-10-16-18(26)15(8-11-22)20(32-16)23-12-9-17(25)24(21(23)28)19(27)14-6-4-3-5-7-14/h3-7,9-10,12-13,15-16,18,20,26H,8H2,1-2H3/b13-10+/t15-,16-,18+,20-/m1/s1. The average Bonchev–Trinajstić information content (AvgIpc) is 3.13. The second-order valence-corrected chi connectivity index (χ2v) is 9.21. The predicted molar refractivity (Wildman–Crippen MR) is 116 cm³/mol. The molecule has 0 bridgehead atoms. The highest BCUT2D eigenvalue weighted by Gasteiger charge is 2.44. The Kier molecular flexibility index (Phi) is 7.58. The highest BCUT2D eigenvalue weighted by molar-refractivity contribution is 7.57. The molecule has 4 atom stereocenters. The van der Waals surface area contributed by atoms with Crippen LogP contribution in [0.2, 0.25) is 0 Å². The van der Waals surface area contributed by atoms with E-state index >= 15 is 0 Å². The van der Waals surface area contributed by atoms with Crippen molar-refractivity contribution >= 4 is 13.5 Å². The topological polar surface area (TPSA) is 150 Å². The van der Waals surface area contributed by atoms with Crippen LogP contribution in [0.1, 0.15) is 23.0 Å². The summed E-state index contributed by atoms with van der Waals surface area (Å²) in [5.41, 5.74) is -1.69. The van der Waals surface area contributed by atoms with Crippen LogP contribution in [-0.4, -0.2) is 46.6 Å². The Hall–Kier alpha value is -3.13. The average molecular weight is 475 g/mol. The molecule has 2 heterocycles. The third-order valence-corrected chi connectivity index (χ3v) is 6.80. The van der Waals surface area contributed by atoms with Crippen molar-refractivity contribution in [2.45, 2.75) is 24.9 Å². The maximum absolute atomic E-state index is 13.1. The van der Waals surface area contributed by atoms with Crippen molar-refractivity contribution in [1.82, 2.24) is 9.13 Å². The Bertz CT molecular complexity index is 1240. The van der Waals surface area contributed by atoms with Gasteiger partial charge in [-0.25, -0.2) is 4.79 Å². The molecule has 12 heteroatoms. The number of benzene rings is 1. The molecule has 0 amide bonds. The molecule has 0 radical (unpaired) electrons. The van der Waals surface area contributed by atoms with Crippen molar-refractivity contribution in [3.8, 4) is 6.07 Å². The molecule has 1 aromatic heterocycles. The van der Waals surface area contributed by atoms with Crippen LogP contribution in [-0.2, 0) is 18.3 Å². The first-order valence-electron chi connectivity index (χ1n) is 9.81. The quantitative estimate of drug-likeness (QED) is 0.588. The lowest BCUT2D eigenvalue weighted by atomic mass is 9.96. The van der Waals surface area contributed by atoms with Gasteiger partial charge in [0, 0.05) is 50.2 Å². The van der Waals surface area contributed by atoms with E-state index < -0.39 is 49.1 Å². The fourth-order valence-corrected chi connectivity index (χ4v) is 4.25. The molecule has 1 N–H and O–H groups in total. The zero-order chi connectivity index (χ0) is 24.2. The minimum Gasteiger partial charge on any atom is -0.390 e. The first-order valence-corrected chi connectivity index (χ1v) is 11.4. The summed E-state index contributed by atoms with van der Waals surface area (Å²) in [5, 5.41) is 19.9. The SMILES string of the molecule is COP(=O)(/C=C/[C@H]1O[C@@H](n2ccc(=O)n(C(=O)c3ccccc3)c2=O)[C@H](CC#N)[C@@H]1O)OC. The Morgan fingerprint density at radius 3 is 2.52 bits per heavy atom. The molecule has 3 rings (SSSR count). The number of nitriles is 1. The molecule has 0 spiro atoms. The molecule has 1 saturated heterocycles. The van der Waals surface area contributed by atoms with E-state index in [0.717, 1.165) is 22.6 Å². The van der Waals surface area contributed by atoms with Gasteiger partial charge in [0.15, 0.2) is 0 Å². The lowest BCUT2D eigenvalue weighted by Gasteiger charge is -2.20. The van der Waals surface area contributed by atoms with Crippen molar-refractivity contribution in [3.05, 3.63) is 80.9 Å². The van der Waals surface area contributed by atoms with Gasteiger partial charge in [-0.2, -0.15) is 9.83 Å². The van der Waals surface area contributed by atoms with Crippen molar-refractivity contribution in [3.63, 3.8) is 0 Å². The van der Waals surface area contributed by atoms with Gasteiger partial charge in [-0.15, -0.1) is 0 Å². The van der Waals surface area contributed by atoms with Crippen molar-refractivity contribution in [2.75, 3.05) is 14.2 Å². The lowest BCUT2D eigenvalue weighted by Crippen LogP contribution is -2.45. The molecule has 1 aromatic carbocycles. The number of ether oxygens (including phenoxy) is 1. The first-order chi connectivity index (χ1) is 15.8. The second kappa shape index (κ2) is 10.2. The smallest absolute Gasteiger partial charge is 0.353 e. The summed E-state index contributed by atoms with van der Waals surface area (Å²) < 4.78 is 29.1. The van der Waals surface area contributed by atoms with Gasteiger partial charge < -0.3 is 18.9 Å². The molecule has 1 fully saturated rings. The fourth-order valence-electron chi connectivity index (χ4n) is 3.48. The lowest BCUT2D eigenvalue weighted by molar-refractivity contribution is -0.00257. The van der Waals surface area contributed by atoms with Gasteiger partial charge in [0.05, 0.1) is 12.2 Å². The maximum Gasteiger partial charge on any atom is 0.353 e. The van der Waals surface area contributed by atoms with Crippen LogP contribution < -0.4 is 11.2 Å². The largest absolute Gasteiger partial charge is 0.390 e. The molecule has 11 nitrogen and oxygen atoms in total. The van der Waals surface area contributed by atoms with Gasteiger partial charge in [0.2, 0.25) is 0 Å².